The van der Waals surface area contributed by atoms with E-state index in [1.165, 1.54) is 12.1 Å². The maximum absolute atomic E-state index is 14.1. The van der Waals surface area contributed by atoms with Crippen molar-refractivity contribution in [3.05, 3.63) is 54.0 Å². The van der Waals surface area contributed by atoms with E-state index in [0.717, 1.165) is 19.3 Å². The number of benzene rings is 1. The number of halogens is 1. The first-order chi connectivity index (χ1) is 15.0. The van der Waals surface area contributed by atoms with Crippen molar-refractivity contribution in [1.29, 1.82) is 0 Å². The van der Waals surface area contributed by atoms with Gasteiger partial charge >= 0.3 is 0 Å². The Morgan fingerprint density at radius 2 is 1.90 bits per heavy atom. The molecular formula is C22H27FN4O4. The highest BCUT2D eigenvalue weighted by molar-refractivity contribution is 5.93. The molecule has 0 saturated heterocycles. The number of hydrogen-bond donors (Lipinski definition) is 3. The summed E-state index contributed by atoms with van der Waals surface area (Å²) in [5.41, 5.74) is 0.614. The van der Waals surface area contributed by atoms with Crippen molar-refractivity contribution in [3.63, 3.8) is 0 Å². The smallest absolute Gasteiger partial charge is 0.271 e. The summed E-state index contributed by atoms with van der Waals surface area (Å²) in [7, 11) is 0. The Kier molecular flexibility index (Phi) is 9.57. The lowest BCUT2D eigenvalue weighted by Gasteiger charge is -2.19. The molecule has 1 heterocycles. The molecule has 3 N–H and O–H groups in total. The summed E-state index contributed by atoms with van der Waals surface area (Å²) in [6, 6.07) is 11.1. The third kappa shape index (κ3) is 7.45. The highest BCUT2D eigenvalue weighted by Gasteiger charge is 2.21. The normalized spacial score (nSPS) is 11.5. The van der Waals surface area contributed by atoms with Crippen molar-refractivity contribution in [2.24, 2.45) is 5.92 Å². The molecule has 0 fully saturated rings. The maximum Gasteiger partial charge on any atom is 0.271 e. The van der Waals surface area contributed by atoms with Crippen LogP contribution in [0.5, 0.6) is 0 Å². The van der Waals surface area contributed by atoms with Crippen molar-refractivity contribution in [1.82, 2.24) is 20.7 Å². The van der Waals surface area contributed by atoms with E-state index in [0.29, 0.717) is 17.0 Å². The number of pyridine rings is 1. The van der Waals surface area contributed by atoms with Crippen LogP contribution in [0.1, 0.15) is 43.1 Å². The van der Waals surface area contributed by atoms with Gasteiger partial charge in [-0.15, -0.1) is 0 Å². The lowest BCUT2D eigenvalue weighted by Crippen LogP contribution is -2.43. The summed E-state index contributed by atoms with van der Waals surface area (Å²) in [5.74, 6) is -2.12. The first-order valence-electron chi connectivity index (χ1n) is 10.1. The second-order valence-corrected chi connectivity index (χ2v) is 7.04. The van der Waals surface area contributed by atoms with Crippen molar-refractivity contribution in [2.75, 3.05) is 13.2 Å². The first kappa shape index (κ1) is 23.9. The number of rotatable bonds is 12. The number of carbonyl (C=O) groups excluding carboxylic acids is 3. The number of unbranched alkanes of at least 4 members (excludes halogenated alkanes) is 2. The van der Waals surface area contributed by atoms with Gasteiger partial charge in [-0.05, 0) is 18.6 Å². The number of amides is 3. The van der Waals surface area contributed by atoms with Crippen molar-refractivity contribution < 1.29 is 24.0 Å². The molecule has 0 saturated carbocycles. The molecule has 166 valence electrons. The van der Waals surface area contributed by atoms with E-state index in [1.54, 1.807) is 30.3 Å². The summed E-state index contributed by atoms with van der Waals surface area (Å²) < 4.78 is 14.1. The number of hydroxylamine groups is 2. The topological polar surface area (TPSA) is 112 Å². The molecule has 3 amide bonds. The van der Waals surface area contributed by atoms with E-state index in [1.807, 2.05) is 6.92 Å². The number of nitrogens with one attached hydrogen (secondary N) is 2. The van der Waals surface area contributed by atoms with Crippen molar-refractivity contribution in [2.45, 2.75) is 32.6 Å². The summed E-state index contributed by atoms with van der Waals surface area (Å²) in [4.78, 5) is 39.6. The molecule has 0 unspecified atom stereocenters. The molecule has 31 heavy (non-hydrogen) atoms. The number of carbonyl (C=O) groups is 3. The monoisotopic (exact) mass is 430 g/mol. The lowest BCUT2D eigenvalue weighted by molar-refractivity contribution is -0.154. The van der Waals surface area contributed by atoms with Gasteiger partial charge in [-0.3, -0.25) is 19.6 Å². The molecule has 0 spiro atoms. The Bertz CT molecular complexity index is 879. The van der Waals surface area contributed by atoms with Gasteiger partial charge in [0, 0.05) is 5.56 Å². The van der Waals surface area contributed by atoms with E-state index in [9.17, 15) is 24.0 Å². The van der Waals surface area contributed by atoms with Gasteiger partial charge in [0.2, 0.25) is 12.3 Å². The van der Waals surface area contributed by atoms with E-state index in [4.69, 9.17) is 0 Å². The summed E-state index contributed by atoms with van der Waals surface area (Å²) in [6.07, 6.45) is 3.41. The fourth-order valence-corrected chi connectivity index (χ4v) is 3.03. The summed E-state index contributed by atoms with van der Waals surface area (Å²) in [6.45, 7) is 1.72. The fourth-order valence-electron chi connectivity index (χ4n) is 3.03. The highest BCUT2D eigenvalue weighted by Crippen LogP contribution is 2.20. The molecule has 0 aliphatic heterocycles. The van der Waals surface area contributed by atoms with E-state index < -0.39 is 23.5 Å². The zero-order chi connectivity index (χ0) is 22.6. The van der Waals surface area contributed by atoms with Gasteiger partial charge in [-0.25, -0.2) is 14.4 Å². The number of hydrogen-bond acceptors (Lipinski definition) is 5. The van der Waals surface area contributed by atoms with Crippen LogP contribution >= 0.6 is 0 Å². The second kappa shape index (κ2) is 12.4. The lowest BCUT2D eigenvalue weighted by atomic mass is 10.0. The van der Waals surface area contributed by atoms with E-state index >= 15 is 0 Å². The van der Waals surface area contributed by atoms with Gasteiger partial charge in [0.25, 0.3) is 5.91 Å². The minimum Gasteiger partial charge on any atom is -0.338 e. The van der Waals surface area contributed by atoms with Crippen LogP contribution in [0.4, 0.5) is 4.39 Å². The Morgan fingerprint density at radius 1 is 1.16 bits per heavy atom. The largest absolute Gasteiger partial charge is 0.338 e. The summed E-state index contributed by atoms with van der Waals surface area (Å²) >= 11 is 0. The minimum atomic E-state index is -0.604. The Morgan fingerprint density at radius 3 is 2.58 bits per heavy atom. The van der Waals surface area contributed by atoms with Crippen LogP contribution in [0.25, 0.3) is 11.3 Å². The van der Waals surface area contributed by atoms with E-state index in [-0.39, 0.29) is 31.0 Å². The molecule has 1 aromatic carbocycles. The molecule has 0 aliphatic carbocycles. The van der Waals surface area contributed by atoms with Crippen molar-refractivity contribution >= 4 is 18.2 Å². The zero-order valence-corrected chi connectivity index (χ0v) is 17.4. The first-order valence-corrected chi connectivity index (χ1v) is 10.1. The number of nitrogens with zero attached hydrogens (tertiary/aromatic N) is 2. The van der Waals surface area contributed by atoms with Crippen LogP contribution in [-0.4, -0.2) is 46.7 Å². The SMILES string of the molecule is CCCCC[C@H](CN(O)C=O)C(=O)NCNC(=O)c1ccc(F)c(-c2ccccc2)n1. The fraction of sp³-hybridized carbons (Fsp3) is 0.364. The third-order valence-corrected chi connectivity index (χ3v) is 4.69. The van der Waals surface area contributed by atoms with Gasteiger partial charge in [0.1, 0.15) is 17.2 Å². The average Bonchev–Trinajstić information content (AvgIpc) is 2.79. The second-order valence-electron chi connectivity index (χ2n) is 7.04. The van der Waals surface area contributed by atoms with Gasteiger partial charge in [0.15, 0.2) is 0 Å². The van der Waals surface area contributed by atoms with Gasteiger partial charge in [-0.2, -0.15) is 0 Å². The number of aromatic nitrogens is 1. The van der Waals surface area contributed by atoms with Crippen LogP contribution in [-0.2, 0) is 9.59 Å². The summed E-state index contributed by atoms with van der Waals surface area (Å²) in [5, 5.41) is 14.9. The predicted molar refractivity (Wildman–Crippen MR) is 112 cm³/mol. The van der Waals surface area contributed by atoms with Crippen LogP contribution in [0.15, 0.2) is 42.5 Å². The average molecular weight is 430 g/mol. The van der Waals surface area contributed by atoms with Crippen LogP contribution in [0.3, 0.4) is 0 Å². The molecule has 1 aromatic heterocycles. The van der Waals surface area contributed by atoms with Crippen LogP contribution < -0.4 is 10.6 Å². The zero-order valence-electron chi connectivity index (χ0n) is 17.4. The quantitative estimate of drug-likeness (QED) is 0.158. The van der Waals surface area contributed by atoms with Gasteiger partial charge < -0.3 is 10.6 Å². The van der Waals surface area contributed by atoms with Crippen LogP contribution in [0, 0.1) is 11.7 Å². The van der Waals surface area contributed by atoms with Crippen molar-refractivity contribution in [3.8, 4) is 11.3 Å². The Balaban J connectivity index is 1.95. The predicted octanol–water partition coefficient (Wildman–Crippen LogP) is 2.74. The molecule has 2 aromatic rings. The molecule has 0 aliphatic rings. The Labute approximate surface area is 180 Å². The third-order valence-electron chi connectivity index (χ3n) is 4.69. The molecule has 9 heteroatoms. The molecule has 2 rings (SSSR count). The maximum atomic E-state index is 14.1. The minimum absolute atomic E-state index is 0.0106. The van der Waals surface area contributed by atoms with E-state index in [2.05, 4.69) is 15.6 Å². The molecule has 8 nitrogen and oxygen atoms in total. The highest BCUT2D eigenvalue weighted by atomic mass is 19.1. The molecule has 1 atom stereocenters. The van der Waals surface area contributed by atoms with Crippen LogP contribution in [0.2, 0.25) is 0 Å². The molecule has 0 bridgehead atoms. The van der Waals surface area contributed by atoms with Gasteiger partial charge in [-0.1, -0.05) is 56.5 Å². The Hall–Kier alpha value is -3.33. The molecule has 0 radical (unpaired) electrons. The standard InChI is InChI=1S/C22H27FN4O4/c1-2-3-5-10-17(13-27(31)15-28)21(29)24-14-25-22(30)19-12-11-18(23)20(26-19)16-8-6-4-7-9-16/h4,6-9,11-12,15,17,31H,2-3,5,10,13-14H2,1H3,(H,24,29)(H,25,30)/t17-/m1/s1. The molecular weight excluding hydrogens is 403 g/mol. The van der Waals surface area contributed by atoms with Gasteiger partial charge in [0.05, 0.1) is 19.1 Å².